The molecule has 0 aliphatic heterocycles. The molecular formula is C9H7F3O2. The molecule has 1 rings (SSSR count). The maximum absolute atomic E-state index is 12.9. The lowest BCUT2D eigenvalue weighted by Gasteiger charge is -2.03. The van der Waals surface area contributed by atoms with Crippen LogP contribution in [-0.4, -0.2) is 12.6 Å². The highest BCUT2D eigenvalue weighted by atomic mass is 19.2. The Morgan fingerprint density at radius 1 is 1.36 bits per heavy atom. The highest BCUT2D eigenvalue weighted by molar-refractivity contribution is 5.89. The zero-order valence-electron chi connectivity index (χ0n) is 7.31. The standard InChI is InChI=1S/C9H7F3O2/c1-2-14-9(13)6-3-5(10)4-7(11)8(6)12/h3-4H,2H2,1H3. The van der Waals surface area contributed by atoms with E-state index in [4.69, 9.17) is 0 Å². The van der Waals surface area contributed by atoms with Gasteiger partial charge in [0.25, 0.3) is 0 Å². The van der Waals surface area contributed by atoms with Crippen LogP contribution in [0.1, 0.15) is 17.3 Å². The molecule has 0 radical (unpaired) electrons. The number of carbonyl (C=O) groups excluding carboxylic acids is 1. The lowest BCUT2D eigenvalue weighted by molar-refractivity contribution is 0.0519. The number of hydrogen-bond donors (Lipinski definition) is 0. The SMILES string of the molecule is CCOC(=O)c1cc(F)cc(F)c1F. The van der Waals surface area contributed by atoms with Gasteiger partial charge < -0.3 is 4.74 Å². The van der Waals surface area contributed by atoms with Crippen molar-refractivity contribution in [3.05, 3.63) is 35.1 Å². The molecule has 0 spiro atoms. The van der Waals surface area contributed by atoms with Crippen LogP contribution in [0.25, 0.3) is 0 Å². The first-order chi connectivity index (χ1) is 6.56. The van der Waals surface area contributed by atoms with Crippen molar-refractivity contribution in [2.45, 2.75) is 6.92 Å². The summed E-state index contributed by atoms with van der Waals surface area (Å²) < 4.78 is 42.5. The van der Waals surface area contributed by atoms with E-state index in [1.54, 1.807) is 0 Å². The monoisotopic (exact) mass is 204 g/mol. The van der Waals surface area contributed by atoms with Crippen LogP contribution in [-0.2, 0) is 4.74 Å². The van der Waals surface area contributed by atoms with Gasteiger partial charge in [-0.05, 0) is 13.0 Å². The number of halogens is 3. The van der Waals surface area contributed by atoms with E-state index < -0.39 is 29.0 Å². The number of esters is 1. The molecule has 14 heavy (non-hydrogen) atoms. The van der Waals surface area contributed by atoms with Crippen molar-refractivity contribution in [1.29, 1.82) is 0 Å². The number of rotatable bonds is 2. The summed E-state index contributed by atoms with van der Waals surface area (Å²) in [5.41, 5.74) is -0.732. The van der Waals surface area contributed by atoms with Crippen molar-refractivity contribution in [2.75, 3.05) is 6.61 Å². The molecule has 0 fully saturated rings. The Kier molecular flexibility index (Phi) is 3.11. The normalized spacial score (nSPS) is 10.0. The van der Waals surface area contributed by atoms with E-state index in [9.17, 15) is 18.0 Å². The molecule has 5 heteroatoms. The minimum atomic E-state index is -1.41. The molecule has 0 aliphatic carbocycles. The van der Waals surface area contributed by atoms with E-state index >= 15 is 0 Å². The summed E-state index contributed by atoms with van der Waals surface area (Å²) in [6, 6.07) is 0.953. The van der Waals surface area contributed by atoms with Gasteiger partial charge in [0.05, 0.1) is 6.61 Å². The van der Waals surface area contributed by atoms with Crippen molar-refractivity contribution < 1.29 is 22.7 Å². The van der Waals surface area contributed by atoms with Gasteiger partial charge >= 0.3 is 5.97 Å². The predicted octanol–water partition coefficient (Wildman–Crippen LogP) is 2.28. The molecule has 0 N–H and O–H groups in total. The first kappa shape index (κ1) is 10.6. The van der Waals surface area contributed by atoms with Crippen LogP contribution in [0.2, 0.25) is 0 Å². The van der Waals surface area contributed by atoms with Crippen molar-refractivity contribution in [3.63, 3.8) is 0 Å². The molecule has 0 aromatic heterocycles. The van der Waals surface area contributed by atoms with Crippen LogP contribution in [0.15, 0.2) is 12.1 Å². The first-order valence-corrected chi connectivity index (χ1v) is 3.88. The van der Waals surface area contributed by atoms with Gasteiger partial charge in [0, 0.05) is 6.07 Å². The van der Waals surface area contributed by atoms with E-state index in [1.807, 2.05) is 0 Å². The Bertz CT molecular complexity index is 363. The predicted molar refractivity (Wildman–Crippen MR) is 42.3 cm³/mol. The molecule has 0 atom stereocenters. The fourth-order valence-corrected chi connectivity index (χ4v) is 0.913. The highest BCUT2D eigenvalue weighted by Crippen LogP contribution is 2.15. The van der Waals surface area contributed by atoms with Gasteiger partial charge in [-0.3, -0.25) is 0 Å². The van der Waals surface area contributed by atoms with Crippen molar-refractivity contribution in [2.24, 2.45) is 0 Å². The lowest BCUT2D eigenvalue weighted by atomic mass is 10.2. The summed E-state index contributed by atoms with van der Waals surface area (Å²) in [6.45, 7) is 1.52. The summed E-state index contributed by atoms with van der Waals surface area (Å²) in [6.07, 6.45) is 0. The van der Waals surface area contributed by atoms with Gasteiger partial charge in [-0.25, -0.2) is 18.0 Å². The number of hydrogen-bond acceptors (Lipinski definition) is 2. The quantitative estimate of drug-likeness (QED) is 0.545. The molecular weight excluding hydrogens is 197 g/mol. The average molecular weight is 204 g/mol. The fourth-order valence-electron chi connectivity index (χ4n) is 0.913. The third-order valence-electron chi connectivity index (χ3n) is 1.49. The second-order valence-corrected chi connectivity index (χ2v) is 2.47. The van der Waals surface area contributed by atoms with E-state index in [0.717, 1.165) is 0 Å². The largest absolute Gasteiger partial charge is 0.462 e. The van der Waals surface area contributed by atoms with Gasteiger partial charge in [-0.15, -0.1) is 0 Å². The second-order valence-electron chi connectivity index (χ2n) is 2.47. The molecule has 0 unspecified atom stereocenters. The fraction of sp³-hybridized carbons (Fsp3) is 0.222. The minimum absolute atomic E-state index is 0.0103. The summed E-state index contributed by atoms with van der Waals surface area (Å²) in [5.74, 6) is -4.91. The summed E-state index contributed by atoms with van der Waals surface area (Å²) in [7, 11) is 0. The summed E-state index contributed by atoms with van der Waals surface area (Å²) >= 11 is 0. The maximum Gasteiger partial charge on any atom is 0.341 e. The zero-order chi connectivity index (χ0) is 10.7. The highest BCUT2D eigenvalue weighted by Gasteiger charge is 2.18. The van der Waals surface area contributed by atoms with Gasteiger partial charge in [-0.1, -0.05) is 0 Å². The molecule has 1 aromatic rings. The van der Waals surface area contributed by atoms with Crippen LogP contribution in [0.3, 0.4) is 0 Å². The third-order valence-corrected chi connectivity index (χ3v) is 1.49. The van der Waals surface area contributed by atoms with Crippen LogP contribution in [0, 0.1) is 17.5 Å². The summed E-state index contributed by atoms with van der Waals surface area (Å²) in [4.78, 5) is 11.0. The average Bonchev–Trinajstić information content (AvgIpc) is 2.11. The van der Waals surface area contributed by atoms with E-state index in [0.29, 0.717) is 12.1 Å². The Morgan fingerprint density at radius 2 is 2.00 bits per heavy atom. The molecule has 1 aromatic carbocycles. The zero-order valence-corrected chi connectivity index (χ0v) is 7.31. The Balaban J connectivity index is 3.13. The van der Waals surface area contributed by atoms with E-state index in [2.05, 4.69) is 4.74 Å². The molecule has 0 heterocycles. The van der Waals surface area contributed by atoms with Crippen molar-refractivity contribution in [1.82, 2.24) is 0 Å². The van der Waals surface area contributed by atoms with Gasteiger partial charge in [-0.2, -0.15) is 0 Å². The van der Waals surface area contributed by atoms with Crippen molar-refractivity contribution >= 4 is 5.97 Å². The number of ether oxygens (including phenoxy) is 1. The van der Waals surface area contributed by atoms with Gasteiger partial charge in [0.15, 0.2) is 11.6 Å². The van der Waals surface area contributed by atoms with Crippen LogP contribution in [0.4, 0.5) is 13.2 Å². The Labute approximate surface area is 78.3 Å². The molecule has 2 nitrogen and oxygen atoms in total. The van der Waals surface area contributed by atoms with Crippen LogP contribution >= 0.6 is 0 Å². The molecule has 0 saturated heterocycles. The Hall–Kier alpha value is -1.52. The van der Waals surface area contributed by atoms with E-state index in [-0.39, 0.29) is 6.61 Å². The first-order valence-electron chi connectivity index (χ1n) is 3.88. The topological polar surface area (TPSA) is 26.3 Å². The van der Waals surface area contributed by atoms with Crippen molar-refractivity contribution in [3.8, 4) is 0 Å². The van der Waals surface area contributed by atoms with Gasteiger partial charge in [0.1, 0.15) is 11.4 Å². The van der Waals surface area contributed by atoms with Gasteiger partial charge in [0.2, 0.25) is 0 Å². The molecule has 0 aliphatic rings. The molecule has 0 saturated carbocycles. The Morgan fingerprint density at radius 3 is 2.57 bits per heavy atom. The third kappa shape index (κ3) is 2.04. The second kappa shape index (κ2) is 4.13. The summed E-state index contributed by atoms with van der Waals surface area (Å²) in [5, 5.41) is 0. The molecule has 0 amide bonds. The minimum Gasteiger partial charge on any atom is -0.462 e. The van der Waals surface area contributed by atoms with Crippen LogP contribution in [0.5, 0.6) is 0 Å². The molecule has 76 valence electrons. The lowest BCUT2D eigenvalue weighted by Crippen LogP contribution is -2.09. The maximum atomic E-state index is 12.9. The molecule has 0 bridgehead atoms. The number of benzene rings is 1. The number of carbonyl (C=O) groups is 1. The smallest absolute Gasteiger partial charge is 0.341 e. The van der Waals surface area contributed by atoms with E-state index in [1.165, 1.54) is 6.92 Å². The van der Waals surface area contributed by atoms with Crippen LogP contribution < -0.4 is 0 Å².